The molecule has 4 nitrogen and oxygen atoms in total. The second-order valence-corrected chi connectivity index (χ2v) is 4.36. The molecule has 1 unspecified atom stereocenters. The van der Waals surface area contributed by atoms with Crippen LogP contribution in [0.25, 0.3) is 10.8 Å². The standard InChI is InChI=1S/C15H20N2O2/c1-18-9-10-19-11-15(17-16)14-8-4-6-12-5-2-3-7-13(12)14/h2-8,15,17H,9-11,16H2,1H3. The fourth-order valence-electron chi connectivity index (χ4n) is 2.13. The molecule has 102 valence electrons. The van der Waals surface area contributed by atoms with Crippen molar-refractivity contribution in [3.63, 3.8) is 0 Å². The summed E-state index contributed by atoms with van der Waals surface area (Å²) >= 11 is 0. The molecule has 0 bridgehead atoms. The molecule has 2 aromatic rings. The molecule has 0 aliphatic carbocycles. The van der Waals surface area contributed by atoms with Crippen LogP contribution < -0.4 is 11.3 Å². The summed E-state index contributed by atoms with van der Waals surface area (Å²) in [5.74, 6) is 5.65. The maximum Gasteiger partial charge on any atom is 0.0701 e. The van der Waals surface area contributed by atoms with Crippen LogP contribution in [0.2, 0.25) is 0 Å². The molecule has 19 heavy (non-hydrogen) atoms. The van der Waals surface area contributed by atoms with Gasteiger partial charge in [0.15, 0.2) is 0 Å². The number of hydrazine groups is 1. The zero-order chi connectivity index (χ0) is 13.5. The first-order valence-corrected chi connectivity index (χ1v) is 6.37. The van der Waals surface area contributed by atoms with E-state index in [0.29, 0.717) is 19.8 Å². The van der Waals surface area contributed by atoms with E-state index in [1.807, 2.05) is 18.2 Å². The SMILES string of the molecule is COCCOCC(NN)c1cccc2ccccc12. The van der Waals surface area contributed by atoms with Crippen LogP contribution in [-0.2, 0) is 9.47 Å². The largest absolute Gasteiger partial charge is 0.382 e. The third-order valence-electron chi connectivity index (χ3n) is 3.12. The minimum Gasteiger partial charge on any atom is -0.382 e. The maximum absolute atomic E-state index is 5.65. The topological polar surface area (TPSA) is 56.5 Å². The first-order chi connectivity index (χ1) is 9.36. The lowest BCUT2D eigenvalue weighted by Gasteiger charge is -2.18. The molecule has 0 spiro atoms. The number of rotatable bonds is 7. The zero-order valence-electron chi connectivity index (χ0n) is 11.1. The highest BCUT2D eigenvalue weighted by Crippen LogP contribution is 2.24. The number of ether oxygens (including phenoxy) is 2. The molecule has 0 aromatic heterocycles. The number of hydrogen-bond donors (Lipinski definition) is 2. The Morgan fingerprint density at radius 1 is 1.11 bits per heavy atom. The predicted octanol–water partition coefficient (Wildman–Crippen LogP) is 2.01. The monoisotopic (exact) mass is 260 g/mol. The van der Waals surface area contributed by atoms with Crippen LogP contribution in [0, 0.1) is 0 Å². The fourth-order valence-corrected chi connectivity index (χ4v) is 2.13. The smallest absolute Gasteiger partial charge is 0.0701 e. The number of fused-ring (bicyclic) bond motifs is 1. The van der Waals surface area contributed by atoms with Crippen LogP contribution >= 0.6 is 0 Å². The van der Waals surface area contributed by atoms with Gasteiger partial charge in [0, 0.05) is 7.11 Å². The summed E-state index contributed by atoms with van der Waals surface area (Å²) in [7, 11) is 1.66. The number of methoxy groups -OCH3 is 1. The van der Waals surface area contributed by atoms with Crippen molar-refractivity contribution >= 4 is 10.8 Å². The van der Waals surface area contributed by atoms with E-state index in [2.05, 4.69) is 29.7 Å². The Balaban J connectivity index is 2.16. The van der Waals surface area contributed by atoms with Gasteiger partial charge < -0.3 is 9.47 Å². The van der Waals surface area contributed by atoms with Gasteiger partial charge in [-0.05, 0) is 16.3 Å². The molecule has 2 aromatic carbocycles. The molecule has 0 saturated heterocycles. The molecule has 3 N–H and O–H groups in total. The normalized spacial score (nSPS) is 12.7. The Morgan fingerprint density at radius 2 is 1.89 bits per heavy atom. The quantitative estimate of drug-likeness (QED) is 0.454. The average Bonchev–Trinajstić information content (AvgIpc) is 2.47. The Morgan fingerprint density at radius 3 is 2.68 bits per heavy atom. The van der Waals surface area contributed by atoms with Crippen LogP contribution in [0.3, 0.4) is 0 Å². The van der Waals surface area contributed by atoms with Gasteiger partial charge in [0.25, 0.3) is 0 Å². The van der Waals surface area contributed by atoms with E-state index in [1.54, 1.807) is 7.11 Å². The fraction of sp³-hybridized carbons (Fsp3) is 0.333. The van der Waals surface area contributed by atoms with Crippen molar-refractivity contribution in [1.29, 1.82) is 0 Å². The highest BCUT2D eigenvalue weighted by atomic mass is 16.5. The summed E-state index contributed by atoms with van der Waals surface area (Å²) in [6.45, 7) is 1.68. The van der Waals surface area contributed by atoms with E-state index in [1.165, 1.54) is 10.8 Å². The van der Waals surface area contributed by atoms with E-state index in [4.69, 9.17) is 15.3 Å². The minimum absolute atomic E-state index is 0.0250. The summed E-state index contributed by atoms with van der Waals surface area (Å²) in [6, 6.07) is 14.4. The molecule has 0 fully saturated rings. The molecule has 0 aliphatic heterocycles. The van der Waals surface area contributed by atoms with E-state index < -0.39 is 0 Å². The summed E-state index contributed by atoms with van der Waals surface area (Å²) in [5, 5.41) is 2.40. The van der Waals surface area contributed by atoms with Crippen LogP contribution in [0.4, 0.5) is 0 Å². The van der Waals surface area contributed by atoms with Gasteiger partial charge in [-0.3, -0.25) is 11.3 Å². The van der Waals surface area contributed by atoms with Gasteiger partial charge in [0.2, 0.25) is 0 Å². The summed E-state index contributed by atoms with van der Waals surface area (Å²) in [5.41, 5.74) is 3.97. The average molecular weight is 260 g/mol. The third-order valence-corrected chi connectivity index (χ3v) is 3.12. The van der Waals surface area contributed by atoms with Crippen molar-refractivity contribution in [3.8, 4) is 0 Å². The van der Waals surface area contributed by atoms with Crippen LogP contribution in [0.15, 0.2) is 42.5 Å². The first kappa shape index (κ1) is 14.0. The Hall–Kier alpha value is -1.46. The van der Waals surface area contributed by atoms with Crippen molar-refractivity contribution in [3.05, 3.63) is 48.0 Å². The van der Waals surface area contributed by atoms with Crippen molar-refractivity contribution in [2.75, 3.05) is 26.9 Å². The summed E-state index contributed by atoms with van der Waals surface area (Å²) < 4.78 is 10.5. The summed E-state index contributed by atoms with van der Waals surface area (Å²) in [6.07, 6.45) is 0. The minimum atomic E-state index is -0.0250. The van der Waals surface area contributed by atoms with E-state index in [-0.39, 0.29) is 6.04 Å². The van der Waals surface area contributed by atoms with Crippen LogP contribution in [0.5, 0.6) is 0 Å². The molecule has 4 heteroatoms. The number of hydrogen-bond acceptors (Lipinski definition) is 4. The van der Waals surface area contributed by atoms with Gasteiger partial charge in [-0.15, -0.1) is 0 Å². The second-order valence-electron chi connectivity index (χ2n) is 4.36. The zero-order valence-corrected chi connectivity index (χ0v) is 11.1. The molecule has 0 radical (unpaired) electrons. The molecule has 0 saturated carbocycles. The Labute approximate surface area is 113 Å². The van der Waals surface area contributed by atoms with Gasteiger partial charge in [-0.1, -0.05) is 42.5 Å². The molecule has 0 heterocycles. The molecule has 2 rings (SSSR count). The van der Waals surface area contributed by atoms with E-state index in [9.17, 15) is 0 Å². The third kappa shape index (κ3) is 3.52. The highest BCUT2D eigenvalue weighted by Gasteiger charge is 2.12. The Kier molecular flexibility index (Phi) is 5.30. The lowest BCUT2D eigenvalue weighted by Crippen LogP contribution is -2.31. The number of nitrogens with one attached hydrogen (secondary N) is 1. The van der Waals surface area contributed by atoms with Crippen molar-refractivity contribution in [1.82, 2.24) is 5.43 Å². The van der Waals surface area contributed by atoms with Crippen LogP contribution in [0.1, 0.15) is 11.6 Å². The van der Waals surface area contributed by atoms with E-state index in [0.717, 1.165) is 5.56 Å². The molecule has 1 atom stereocenters. The molecule has 0 amide bonds. The number of nitrogens with two attached hydrogens (primary N) is 1. The van der Waals surface area contributed by atoms with Crippen molar-refractivity contribution < 1.29 is 9.47 Å². The molecular weight excluding hydrogens is 240 g/mol. The molecular formula is C15H20N2O2. The van der Waals surface area contributed by atoms with E-state index >= 15 is 0 Å². The highest BCUT2D eigenvalue weighted by molar-refractivity contribution is 5.86. The van der Waals surface area contributed by atoms with Gasteiger partial charge in [0.1, 0.15) is 0 Å². The lowest BCUT2D eigenvalue weighted by molar-refractivity contribution is 0.0588. The second kappa shape index (κ2) is 7.21. The lowest BCUT2D eigenvalue weighted by atomic mass is 9.99. The number of benzene rings is 2. The van der Waals surface area contributed by atoms with Crippen LogP contribution in [-0.4, -0.2) is 26.9 Å². The van der Waals surface area contributed by atoms with Gasteiger partial charge in [-0.2, -0.15) is 0 Å². The summed E-state index contributed by atoms with van der Waals surface area (Å²) in [4.78, 5) is 0. The predicted molar refractivity (Wildman–Crippen MR) is 76.7 cm³/mol. The Bertz CT molecular complexity index is 511. The van der Waals surface area contributed by atoms with Gasteiger partial charge in [0.05, 0.1) is 25.9 Å². The van der Waals surface area contributed by atoms with Gasteiger partial charge >= 0.3 is 0 Å². The van der Waals surface area contributed by atoms with Crippen molar-refractivity contribution in [2.45, 2.75) is 6.04 Å². The molecule has 0 aliphatic rings. The van der Waals surface area contributed by atoms with Gasteiger partial charge in [-0.25, -0.2) is 0 Å². The maximum atomic E-state index is 5.65. The van der Waals surface area contributed by atoms with Crippen molar-refractivity contribution in [2.24, 2.45) is 5.84 Å². The first-order valence-electron chi connectivity index (χ1n) is 6.37.